The summed E-state index contributed by atoms with van der Waals surface area (Å²) in [5.74, 6) is -1.23. The number of hydrogen-bond acceptors (Lipinski definition) is 8. The van der Waals surface area contributed by atoms with Crippen molar-refractivity contribution in [1.82, 2.24) is 0 Å². The van der Waals surface area contributed by atoms with E-state index in [1.165, 1.54) is 7.11 Å². The van der Waals surface area contributed by atoms with Gasteiger partial charge in [0, 0.05) is 12.8 Å². The van der Waals surface area contributed by atoms with Gasteiger partial charge in [0.1, 0.15) is 5.25 Å². The van der Waals surface area contributed by atoms with Crippen LogP contribution in [0.1, 0.15) is 20.3 Å². The van der Waals surface area contributed by atoms with Crippen LogP contribution < -0.4 is 4.89 Å². The van der Waals surface area contributed by atoms with E-state index in [4.69, 9.17) is 9.47 Å². The number of esters is 2. The van der Waals surface area contributed by atoms with Gasteiger partial charge in [-0.1, -0.05) is 23.2 Å². The Bertz CT molecular complexity index is 335. The summed E-state index contributed by atoms with van der Waals surface area (Å²) in [6.07, 6.45) is -0.249. The lowest BCUT2D eigenvalue weighted by molar-refractivity contribution is -0.172. The van der Waals surface area contributed by atoms with E-state index in [0.29, 0.717) is 11.4 Å². The lowest BCUT2D eigenvalue weighted by Gasteiger charge is -2.28. The third-order valence-electron chi connectivity index (χ3n) is 1.69. The average molecular weight is 315 g/mol. The lowest BCUT2D eigenvalue weighted by Crippen LogP contribution is -2.25. The minimum absolute atomic E-state index is 0.160. The fourth-order valence-corrected chi connectivity index (χ4v) is 4.34. The van der Waals surface area contributed by atoms with E-state index in [-0.39, 0.29) is 19.6 Å². The van der Waals surface area contributed by atoms with Gasteiger partial charge in [-0.2, -0.15) is 0 Å². The van der Waals surface area contributed by atoms with Crippen LogP contribution in [-0.2, 0) is 35.4 Å². The Balaban J connectivity index is 4.67. The number of carbonyl (C=O) groups excluding carboxylic acids is 2. The molecule has 2 atom stereocenters. The van der Waals surface area contributed by atoms with Gasteiger partial charge in [-0.25, -0.2) is 0 Å². The minimum Gasteiger partial charge on any atom is -0.793 e. The first-order valence-electron chi connectivity index (χ1n) is 5.23. The topological polar surface area (TPSA) is 84.9 Å². The van der Waals surface area contributed by atoms with Crippen molar-refractivity contribution in [3.05, 3.63) is 0 Å². The highest BCUT2D eigenvalue weighted by Gasteiger charge is 2.27. The predicted octanol–water partition coefficient (Wildman–Crippen LogP) is 0.836. The second kappa shape index (κ2) is 8.87. The summed E-state index contributed by atoms with van der Waals surface area (Å²) in [7, 11) is 1.19. The number of ether oxygens (including phenoxy) is 2. The molecule has 18 heavy (non-hydrogen) atoms. The molecule has 0 aliphatic heterocycles. The van der Waals surface area contributed by atoms with Gasteiger partial charge in [0.05, 0.1) is 19.6 Å². The first kappa shape index (κ1) is 17.9. The normalized spacial score (nSPS) is 15.6. The van der Waals surface area contributed by atoms with E-state index >= 15 is 0 Å². The van der Waals surface area contributed by atoms with Crippen LogP contribution in [0.25, 0.3) is 0 Å². The highest BCUT2D eigenvalue weighted by Crippen LogP contribution is 2.54. The van der Waals surface area contributed by atoms with Crippen molar-refractivity contribution in [3.8, 4) is 0 Å². The number of rotatable bonds is 8. The Morgan fingerprint density at radius 2 is 1.89 bits per heavy atom. The average Bonchev–Trinajstić information content (AvgIpc) is 2.28. The van der Waals surface area contributed by atoms with Crippen molar-refractivity contribution < 1.29 is 28.5 Å². The predicted molar refractivity (Wildman–Crippen MR) is 70.6 cm³/mol. The SMILES string of the molecule is CCOC(=O)C[C@@H](SP([O-])(=S)OC)C(=O)OCC. The molecule has 0 radical (unpaired) electrons. The highest BCUT2D eigenvalue weighted by molar-refractivity contribution is 8.67. The molecule has 0 aliphatic rings. The second-order valence-electron chi connectivity index (χ2n) is 2.99. The van der Waals surface area contributed by atoms with E-state index < -0.39 is 22.9 Å². The van der Waals surface area contributed by atoms with Crippen molar-refractivity contribution in [2.75, 3.05) is 20.3 Å². The highest BCUT2D eigenvalue weighted by atomic mass is 32.9. The Labute approximate surface area is 115 Å². The fourth-order valence-electron chi connectivity index (χ4n) is 0.969. The summed E-state index contributed by atoms with van der Waals surface area (Å²) in [5.41, 5.74) is -3.39. The molecule has 0 aliphatic carbocycles. The maximum absolute atomic E-state index is 11.6. The quantitative estimate of drug-likeness (QED) is 0.481. The second-order valence-corrected chi connectivity index (χ2v) is 9.23. The maximum atomic E-state index is 11.6. The molecule has 1 unspecified atom stereocenters. The van der Waals surface area contributed by atoms with Crippen molar-refractivity contribution in [2.45, 2.75) is 25.5 Å². The standard InChI is InChI=1S/C9H17O6PS2/c1-4-14-8(10)6-7(9(11)15-5-2)18-16(12,17)13-3/h7H,4-6H2,1-3H3,(H,12,17)/p-1/t7-,16?/m1/s1. The van der Waals surface area contributed by atoms with Gasteiger partial charge in [-0.15, -0.1) is 0 Å². The van der Waals surface area contributed by atoms with Crippen molar-refractivity contribution in [1.29, 1.82) is 0 Å². The van der Waals surface area contributed by atoms with Gasteiger partial charge in [0.2, 0.25) is 0 Å². The number of hydrogen-bond donors (Lipinski definition) is 0. The fraction of sp³-hybridized carbons (Fsp3) is 0.778. The summed E-state index contributed by atoms with van der Waals surface area (Å²) >= 11 is 5.30. The molecule has 0 heterocycles. The monoisotopic (exact) mass is 315 g/mol. The molecule has 6 nitrogen and oxygen atoms in total. The van der Waals surface area contributed by atoms with Crippen LogP contribution in [0.3, 0.4) is 0 Å². The summed E-state index contributed by atoms with van der Waals surface area (Å²) in [5, 5.41) is -0.979. The molecule has 0 amide bonds. The molecule has 0 spiro atoms. The van der Waals surface area contributed by atoms with E-state index in [1.54, 1.807) is 13.8 Å². The number of carbonyl (C=O) groups is 2. The van der Waals surface area contributed by atoms with Crippen LogP contribution in [0.4, 0.5) is 0 Å². The van der Waals surface area contributed by atoms with Gasteiger partial charge in [0.15, 0.2) is 0 Å². The van der Waals surface area contributed by atoms with Crippen LogP contribution in [0.15, 0.2) is 0 Å². The van der Waals surface area contributed by atoms with E-state index in [1.807, 2.05) is 0 Å². The van der Waals surface area contributed by atoms with E-state index in [9.17, 15) is 14.5 Å². The molecule has 0 saturated carbocycles. The molecule has 0 N–H and O–H groups in total. The third kappa shape index (κ3) is 7.33. The first-order chi connectivity index (χ1) is 8.36. The Kier molecular flexibility index (Phi) is 8.81. The molecular formula is C9H16O6PS2-. The summed E-state index contributed by atoms with van der Waals surface area (Å²) in [4.78, 5) is 34.6. The van der Waals surface area contributed by atoms with Crippen molar-refractivity contribution >= 4 is 40.8 Å². The molecule has 0 aromatic rings. The largest absolute Gasteiger partial charge is 0.793 e. The molecule has 0 bridgehead atoms. The van der Waals surface area contributed by atoms with Gasteiger partial charge in [-0.3, -0.25) is 9.59 Å². The first-order valence-corrected chi connectivity index (χ1v) is 9.36. The molecule has 0 rings (SSSR count). The molecule has 0 saturated heterocycles. The zero-order valence-corrected chi connectivity index (χ0v) is 12.9. The lowest BCUT2D eigenvalue weighted by atomic mass is 10.3. The molecule has 0 aromatic heterocycles. The van der Waals surface area contributed by atoms with Gasteiger partial charge >= 0.3 is 11.9 Å². The van der Waals surface area contributed by atoms with E-state index in [2.05, 4.69) is 16.3 Å². The van der Waals surface area contributed by atoms with E-state index in [0.717, 1.165) is 0 Å². The minimum atomic E-state index is -3.39. The maximum Gasteiger partial charge on any atom is 0.320 e. The van der Waals surface area contributed by atoms with Crippen LogP contribution in [-0.4, -0.2) is 37.5 Å². The summed E-state index contributed by atoms with van der Waals surface area (Å²) in [6.45, 7) is 3.65. The smallest absolute Gasteiger partial charge is 0.320 e. The molecule has 9 heteroatoms. The summed E-state index contributed by atoms with van der Waals surface area (Å²) in [6, 6.07) is 0. The van der Waals surface area contributed by atoms with Crippen LogP contribution >= 0.6 is 17.1 Å². The molecule has 0 fully saturated rings. The zero-order chi connectivity index (χ0) is 14.2. The van der Waals surface area contributed by atoms with Gasteiger partial charge in [0.25, 0.3) is 0 Å². The van der Waals surface area contributed by atoms with Crippen LogP contribution in [0.5, 0.6) is 0 Å². The van der Waals surface area contributed by atoms with Crippen molar-refractivity contribution in [2.24, 2.45) is 0 Å². The molecule has 106 valence electrons. The van der Waals surface area contributed by atoms with Gasteiger partial charge in [-0.05, 0) is 13.8 Å². The molecule has 0 aromatic carbocycles. The molecular weight excluding hydrogens is 299 g/mol. The third-order valence-corrected chi connectivity index (χ3v) is 6.21. The Morgan fingerprint density at radius 3 is 2.33 bits per heavy atom. The van der Waals surface area contributed by atoms with Crippen molar-refractivity contribution in [3.63, 3.8) is 0 Å². The van der Waals surface area contributed by atoms with Gasteiger partial charge < -0.3 is 18.9 Å². The summed E-state index contributed by atoms with van der Waals surface area (Å²) < 4.78 is 14.1. The van der Waals surface area contributed by atoms with Crippen LogP contribution in [0.2, 0.25) is 0 Å². The Hall–Kier alpha value is -0.140. The Morgan fingerprint density at radius 1 is 1.33 bits per heavy atom. The van der Waals surface area contributed by atoms with Crippen LogP contribution in [0, 0.1) is 0 Å². The zero-order valence-electron chi connectivity index (χ0n) is 10.4.